The van der Waals surface area contributed by atoms with Crippen molar-refractivity contribution in [1.29, 1.82) is 5.26 Å². The number of halogens is 1. The van der Waals surface area contributed by atoms with Gasteiger partial charge in [-0.25, -0.2) is 9.18 Å². The van der Waals surface area contributed by atoms with E-state index in [1.807, 2.05) is 4.90 Å². The molecule has 0 bridgehead atoms. The Balaban J connectivity index is 1.74. The maximum Gasteiger partial charge on any atom is 0.414 e. The van der Waals surface area contributed by atoms with Crippen LogP contribution in [-0.4, -0.2) is 38.4 Å². The third-order valence-electron chi connectivity index (χ3n) is 4.40. The first-order chi connectivity index (χ1) is 11.1. The topological polar surface area (TPSA) is 82.6 Å². The van der Waals surface area contributed by atoms with Gasteiger partial charge in [0.2, 0.25) is 0 Å². The fraction of sp³-hybridized carbons (Fsp3) is 0.500. The molecular weight excluding hydrogens is 299 g/mol. The maximum absolute atomic E-state index is 14.5. The Kier molecular flexibility index (Phi) is 4.35. The summed E-state index contributed by atoms with van der Waals surface area (Å²) in [5.41, 5.74) is 6.48. The molecule has 1 unspecified atom stereocenters. The molecule has 122 valence electrons. The smallest absolute Gasteiger partial charge is 0.414 e. The monoisotopic (exact) mass is 318 g/mol. The van der Waals surface area contributed by atoms with Crippen LogP contribution in [0.2, 0.25) is 0 Å². The van der Waals surface area contributed by atoms with Gasteiger partial charge in [0, 0.05) is 25.6 Å². The Bertz CT molecular complexity index is 637. The molecule has 2 saturated heterocycles. The highest BCUT2D eigenvalue weighted by molar-refractivity contribution is 5.90. The lowest BCUT2D eigenvalue weighted by Crippen LogP contribution is -2.34. The van der Waals surface area contributed by atoms with Gasteiger partial charge in [0.1, 0.15) is 11.9 Å². The number of carbonyl (C=O) groups is 1. The van der Waals surface area contributed by atoms with Crippen LogP contribution in [-0.2, 0) is 4.74 Å². The van der Waals surface area contributed by atoms with Crippen LogP contribution < -0.4 is 15.5 Å². The Morgan fingerprint density at radius 2 is 2.13 bits per heavy atom. The first-order valence-electron chi connectivity index (χ1n) is 7.74. The molecule has 2 fully saturated rings. The summed E-state index contributed by atoms with van der Waals surface area (Å²) in [6.07, 6.45) is 0.639. The summed E-state index contributed by atoms with van der Waals surface area (Å²) in [6, 6.07) is 7.01. The third kappa shape index (κ3) is 3.08. The number of rotatable bonds is 3. The molecule has 2 aliphatic rings. The van der Waals surface area contributed by atoms with E-state index in [1.54, 1.807) is 12.1 Å². The zero-order valence-electron chi connectivity index (χ0n) is 12.7. The number of hydrogen-bond donors (Lipinski definition) is 1. The van der Waals surface area contributed by atoms with Crippen molar-refractivity contribution in [2.45, 2.75) is 18.9 Å². The second-order valence-electron chi connectivity index (χ2n) is 5.88. The van der Waals surface area contributed by atoms with Gasteiger partial charge >= 0.3 is 6.09 Å². The number of cyclic esters (lactones) is 1. The van der Waals surface area contributed by atoms with Crippen molar-refractivity contribution in [3.8, 4) is 6.07 Å². The van der Waals surface area contributed by atoms with Crippen molar-refractivity contribution in [1.82, 2.24) is 0 Å². The first-order valence-corrected chi connectivity index (χ1v) is 7.74. The molecule has 2 heterocycles. The van der Waals surface area contributed by atoms with Crippen LogP contribution in [0.4, 0.5) is 20.6 Å². The molecule has 0 radical (unpaired) electrons. The highest BCUT2D eigenvalue weighted by atomic mass is 19.1. The van der Waals surface area contributed by atoms with Gasteiger partial charge in [0.05, 0.1) is 24.0 Å². The number of carbonyl (C=O) groups excluding carboxylic acids is 1. The Labute approximate surface area is 134 Å². The van der Waals surface area contributed by atoms with Crippen LogP contribution in [0, 0.1) is 23.1 Å². The molecule has 1 aromatic carbocycles. The standard InChI is InChI=1S/C16H19FN4O2/c17-14-7-12(21-10-13(9-19)23-16(21)22)1-2-15(14)20-5-3-11(8-18)4-6-20/h1-2,7,11,13H,3-6,9-10,19H2. The fourth-order valence-electron chi connectivity index (χ4n) is 3.02. The van der Waals surface area contributed by atoms with Gasteiger partial charge in [-0.3, -0.25) is 4.90 Å². The largest absolute Gasteiger partial charge is 0.443 e. The average molecular weight is 318 g/mol. The van der Waals surface area contributed by atoms with Crippen molar-refractivity contribution < 1.29 is 13.9 Å². The van der Waals surface area contributed by atoms with E-state index < -0.39 is 6.09 Å². The van der Waals surface area contributed by atoms with Gasteiger partial charge in [0.15, 0.2) is 0 Å². The normalized spacial score (nSPS) is 22.1. The van der Waals surface area contributed by atoms with Gasteiger partial charge < -0.3 is 15.4 Å². The number of nitrogens with two attached hydrogens (primary N) is 1. The molecule has 23 heavy (non-hydrogen) atoms. The van der Waals surface area contributed by atoms with Crippen LogP contribution >= 0.6 is 0 Å². The number of anilines is 2. The summed E-state index contributed by atoms with van der Waals surface area (Å²) < 4.78 is 19.5. The van der Waals surface area contributed by atoms with E-state index in [0.29, 0.717) is 31.0 Å². The number of piperidine rings is 1. The minimum absolute atomic E-state index is 0.0566. The molecule has 1 aromatic rings. The number of ether oxygens (including phenoxy) is 1. The van der Waals surface area contributed by atoms with Gasteiger partial charge in [0.25, 0.3) is 0 Å². The molecule has 7 heteroatoms. The summed E-state index contributed by atoms with van der Waals surface area (Å²) in [6.45, 7) is 1.91. The highest BCUT2D eigenvalue weighted by Crippen LogP contribution is 2.30. The van der Waals surface area contributed by atoms with Crippen LogP contribution in [0.15, 0.2) is 18.2 Å². The predicted molar refractivity (Wildman–Crippen MR) is 83.6 cm³/mol. The van der Waals surface area contributed by atoms with E-state index >= 15 is 0 Å². The van der Waals surface area contributed by atoms with E-state index in [-0.39, 0.29) is 24.4 Å². The summed E-state index contributed by atoms with van der Waals surface area (Å²) in [5, 5.41) is 8.93. The molecule has 0 saturated carbocycles. The van der Waals surface area contributed by atoms with E-state index in [1.165, 1.54) is 11.0 Å². The number of hydrogen-bond acceptors (Lipinski definition) is 5. The zero-order chi connectivity index (χ0) is 16.4. The third-order valence-corrected chi connectivity index (χ3v) is 4.40. The van der Waals surface area contributed by atoms with E-state index in [2.05, 4.69) is 6.07 Å². The summed E-state index contributed by atoms with van der Waals surface area (Å²) in [5.74, 6) is -0.317. The number of amides is 1. The molecular formula is C16H19FN4O2. The fourth-order valence-corrected chi connectivity index (χ4v) is 3.02. The lowest BCUT2D eigenvalue weighted by molar-refractivity contribution is 0.145. The molecule has 6 nitrogen and oxygen atoms in total. The maximum atomic E-state index is 14.5. The number of nitriles is 1. The van der Waals surface area contributed by atoms with Gasteiger partial charge in [-0.1, -0.05) is 0 Å². The van der Waals surface area contributed by atoms with Crippen molar-refractivity contribution in [2.24, 2.45) is 11.7 Å². The van der Waals surface area contributed by atoms with Crippen molar-refractivity contribution >= 4 is 17.5 Å². The number of nitrogens with zero attached hydrogens (tertiary/aromatic N) is 3. The summed E-state index contributed by atoms with van der Waals surface area (Å²) in [7, 11) is 0. The van der Waals surface area contributed by atoms with Crippen LogP contribution in [0.25, 0.3) is 0 Å². The van der Waals surface area contributed by atoms with Crippen LogP contribution in [0.3, 0.4) is 0 Å². The predicted octanol–water partition coefficient (Wildman–Crippen LogP) is 1.85. The molecule has 1 amide bonds. The molecule has 1 atom stereocenters. The minimum atomic E-state index is -0.498. The Hall–Kier alpha value is -2.33. The average Bonchev–Trinajstić information content (AvgIpc) is 2.96. The summed E-state index contributed by atoms with van der Waals surface area (Å²) in [4.78, 5) is 15.1. The number of benzene rings is 1. The lowest BCUT2D eigenvalue weighted by atomic mass is 9.98. The first kappa shape index (κ1) is 15.6. The highest BCUT2D eigenvalue weighted by Gasteiger charge is 2.32. The van der Waals surface area contributed by atoms with Crippen LogP contribution in [0.5, 0.6) is 0 Å². The van der Waals surface area contributed by atoms with Crippen LogP contribution in [0.1, 0.15) is 12.8 Å². The second kappa shape index (κ2) is 6.42. The van der Waals surface area contributed by atoms with Crippen molar-refractivity contribution in [2.75, 3.05) is 36.0 Å². The second-order valence-corrected chi connectivity index (χ2v) is 5.88. The van der Waals surface area contributed by atoms with E-state index in [0.717, 1.165) is 12.8 Å². The minimum Gasteiger partial charge on any atom is -0.443 e. The van der Waals surface area contributed by atoms with Gasteiger partial charge in [-0.2, -0.15) is 5.26 Å². The van der Waals surface area contributed by atoms with Crippen molar-refractivity contribution in [3.63, 3.8) is 0 Å². The summed E-state index contributed by atoms with van der Waals surface area (Å²) >= 11 is 0. The Morgan fingerprint density at radius 1 is 1.39 bits per heavy atom. The quantitative estimate of drug-likeness (QED) is 0.919. The molecule has 0 aliphatic carbocycles. The van der Waals surface area contributed by atoms with E-state index in [4.69, 9.17) is 15.7 Å². The molecule has 0 spiro atoms. The van der Waals surface area contributed by atoms with Gasteiger partial charge in [-0.15, -0.1) is 0 Å². The Morgan fingerprint density at radius 3 is 2.70 bits per heavy atom. The molecule has 2 N–H and O–H groups in total. The molecule has 0 aromatic heterocycles. The van der Waals surface area contributed by atoms with Gasteiger partial charge in [-0.05, 0) is 31.0 Å². The zero-order valence-corrected chi connectivity index (χ0v) is 12.7. The van der Waals surface area contributed by atoms with E-state index in [9.17, 15) is 9.18 Å². The molecule has 2 aliphatic heterocycles. The lowest BCUT2D eigenvalue weighted by Gasteiger charge is -2.31. The SMILES string of the molecule is N#CC1CCN(c2ccc(N3CC(CN)OC3=O)cc2F)CC1. The van der Waals surface area contributed by atoms with Crippen molar-refractivity contribution in [3.05, 3.63) is 24.0 Å². The molecule has 3 rings (SSSR count).